The van der Waals surface area contributed by atoms with E-state index in [9.17, 15) is 14.7 Å². The number of aliphatic hydroxyl groups is 1. The molecule has 0 radical (unpaired) electrons. The summed E-state index contributed by atoms with van der Waals surface area (Å²) in [5, 5.41) is 17.6. The van der Waals surface area contributed by atoms with Gasteiger partial charge in [-0.05, 0) is 30.9 Å². The molecule has 2 N–H and O–H groups in total. The minimum Gasteiger partial charge on any atom is -0.393 e. The largest absolute Gasteiger partial charge is 0.393 e. The van der Waals surface area contributed by atoms with Gasteiger partial charge in [-0.15, -0.1) is 0 Å². The molecule has 1 aromatic carbocycles. The third kappa shape index (κ3) is 3.72. The van der Waals surface area contributed by atoms with Gasteiger partial charge in [0.1, 0.15) is 5.82 Å². The summed E-state index contributed by atoms with van der Waals surface area (Å²) in [6, 6.07) is 7.83. The zero-order valence-electron chi connectivity index (χ0n) is 15.5. The van der Waals surface area contributed by atoms with E-state index in [1.54, 1.807) is 14.1 Å². The summed E-state index contributed by atoms with van der Waals surface area (Å²) in [7, 11) is 3.33. The Bertz CT molecular complexity index is 855. The topological polar surface area (TPSA) is 89.2 Å². The SMILES string of the molecule is Cc1ccccc1CC(=O)NC[C@H]1C[C@H](c2nn(C)c(=O)n2C)C[C@H]1O. The lowest BCUT2D eigenvalue weighted by Gasteiger charge is -2.15. The predicted octanol–water partition coefficient (Wildman–Crippen LogP) is 0.641. The average Bonchev–Trinajstić information content (AvgIpc) is 3.10. The van der Waals surface area contributed by atoms with Crippen molar-refractivity contribution >= 4 is 5.91 Å². The lowest BCUT2D eigenvalue weighted by atomic mass is 10.0. The minimum atomic E-state index is -0.504. The summed E-state index contributed by atoms with van der Waals surface area (Å²) in [5.41, 5.74) is 1.95. The summed E-state index contributed by atoms with van der Waals surface area (Å²) in [6.07, 6.45) is 1.10. The molecule has 7 nitrogen and oxygen atoms in total. The number of carbonyl (C=O) groups excluding carboxylic acids is 1. The summed E-state index contributed by atoms with van der Waals surface area (Å²) < 4.78 is 2.86. The molecule has 7 heteroatoms. The molecule has 1 saturated carbocycles. The smallest absolute Gasteiger partial charge is 0.345 e. The second-order valence-corrected chi connectivity index (χ2v) is 7.23. The third-order valence-electron chi connectivity index (χ3n) is 5.36. The first kappa shape index (κ1) is 18.4. The van der Waals surface area contributed by atoms with Crippen molar-refractivity contribution in [3.8, 4) is 0 Å². The summed E-state index contributed by atoms with van der Waals surface area (Å²) in [4.78, 5) is 24.1. The number of aliphatic hydroxyl groups excluding tert-OH is 1. The van der Waals surface area contributed by atoms with Crippen molar-refractivity contribution in [3.63, 3.8) is 0 Å². The Balaban J connectivity index is 1.57. The monoisotopic (exact) mass is 358 g/mol. The molecule has 0 spiro atoms. The first-order valence-corrected chi connectivity index (χ1v) is 8.96. The van der Waals surface area contributed by atoms with Crippen molar-refractivity contribution in [2.24, 2.45) is 20.0 Å². The van der Waals surface area contributed by atoms with Crippen LogP contribution in [0.1, 0.15) is 35.7 Å². The van der Waals surface area contributed by atoms with E-state index in [0.29, 0.717) is 31.6 Å². The van der Waals surface area contributed by atoms with Crippen LogP contribution in [0.25, 0.3) is 0 Å². The molecule has 0 aliphatic heterocycles. The number of nitrogens with one attached hydrogen (secondary N) is 1. The molecule has 1 fully saturated rings. The van der Waals surface area contributed by atoms with Crippen LogP contribution in [-0.4, -0.2) is 38.0 Å². The lowest BCUT2D eigenvalue weighted by Crippen LogP contribution is -2.33. The van der Waals surface area contributed by atoms with Crippen LogP contribution in [0.4, 0.5) is 0 Å². The van der Waals surface area contributed by atoms with Gasteiger partial charge in [0, 0.05) is 32.5 Å². The van der Waals surface area contributed by atoms with Crippen molar-refractivity contribution < 1.29 is 9.90 Å². The molecule has 0 unspecified atom stereocenters. The standard InChI is InChI=1S/C19H26N4O3/c1-12-6-4-5-7-13(12)10-17(25)20-11-15-8-14(9-16(15)24)18-21-23(3)19(26)22(18)2/h4-7,14-16,24H,8-11H2,1-3H3,(H,20,25)/t14-,15+,16+/m0/s1. The van der Waals surface area contributed by atoms with Crippen LogP contribution in [0.3, 0.4) is 0 Å². The molecular weight excluding hydrogens is 332 g/mol. The molecular formula is C19H26N4O3. The van der Waals surface area contributed by atoms with Crippen molar-refractivity contribution in [1.82, 2.24) is 19.7 Å². The number of rotatable bonds is 5. The Hall–Kier alpha value is -2.41. The van der Waals surface area contributed by atoms with Gasteiger partial charge in [0.2, 0.25) is 5.91 Å². The van der Waals surface area contributed by atoms with Gasteiger partial charge < -0.3 is 10.4 Å². The number of benzene rings is 1. The molecule has 1 heterocycles. The Morgan fingerprint density at radius 2 is 2.04 bits per heavy atom. The van der Waals surface area contributed by atoms with Gasteiger partial charge >= 0.3 is 5.69 Å². The zero-order chi connectivity index (χ0) is 18.8. The summed E-state index contributed by atoms with van der Waals surface area (Å²) in [5.74, 6) is 0.658. The molecule has 1 amide bonds. The molecule has 26 heavy (non-hydrogen) atoms. The molecule has 3 atom stereocenters. The maximum Gasteiger partial charge on any atom is 0.345 e. The van der Waals surface area contributed by atoms with Gasteiger partial charge in [-0.25, -0.2) is 9.48 Å². The van der Waals surface area contributed by atoms with E-state index in [0.717, 1.165) is 11.1 Å². The van der Waals surface area contributed by atoms with Crippen LogP contribution in [0.5, 0.6) is 0 Å². The maximum atomic E-state index is 12.2. The molecule has 0 saturated heterocycles. The highest BCUT2D eigenvalue weighted by molar-refractivity contribution is 5.78. The van der Waals surface area contributed by atoms with E-state index >= 15 is 0 Å². The fourth-order valence-corrected chi connectivity index (χ4v) is 3.76. The van der Waals surface area contributed by atoms with Crippen LogP contribution < -0.4 is 11.0 Å². The van der Waals surface area contributed by atoms with Gasteiger partial charge in [0.25, 0.3) is 0 Å². The van der Waals surface area contributed by atoms with Crippen molar-refractivity contribution in [1.29, 1.82) is 0 Å². The fourth-order valence-electron chi connectivity index (χ4n) is 3.76. The van der Waals surface area contributed by atoms with E-state index in [1.165, 1.54) is 9.25 Å². The van der Waals surface area contributed by atoms with Crippen LogP contribution in [0.15, 0.2) is 29.1 Å². The highest BCUT2D eigenvalue weighted by Gasteiger charge is 2.36. The van der Waals surface area contributed by atoms with E-state index < -0.39 is 6.10 Å². The highest BCUT2D eigenvalue weighted by Crippen LogP contribution is 2.37. The van der Waals surface area contributed by atoms with Gasteiger partial charge in [-0.1, -0.05) is 24.3 Å². The predicted molar refractivity (Wildman–Crippen MR) is 97.8 cm³/mol. The molecule has 140 valence electrons. The van der Waals surface area contributed by atoms with Crippen LogP contribution in [0, 0.1) is 12.8 Å². The van der Waals surface area contributed by atoms with E-state index in [1.807, 2.05) is 31.2 Å². The Morgan fingerprint density at radius 3 is 2.69 bits per heavy atom. The second-order valence-electron chi connectivity index (χ2n) is 7.23. The number of nitrogens with zero attached hydrogens (tertiary/aromatic N) is 3. The van der Waals surface area contributed by atoms with Gasteiger partial charge in [0.15, 0.2) is 0 Å². The molecule has 1 aromatic heterocycles. The number of hydrogen-bond donors (Lipinski definition) is 2. The third-order valence-corrected chi connectivity index (χ3v) is 5.36. The number of aromatic nitrogens is 3. The number of carbonyl (C=O) groups is 1. The van der Waals surface area contributed by atoms with Crippen LogP contribution in [-0.2, 0) is 25.3 Å². The summed E-state index contributed by atoms with van der Waals surface area (Å²) in [6.45, 7) is 2.42. The van der Waals surface area contributed by atoms with Crippen molar-refractivity contribution in [3.05, 3.63) is 51.7 Å². The number of hydrogen-bond acceptors (Lipinski definition) is 4. The maximum absolute atomic E-state index is 12.2. The normalized spacial score (nSPS) is 22.5. The quantitative estimate of drug-likeness (QED) is 0.821. The lowest BCUT2D eigenvalue weighted by molar-refractivity contribution is -0.120. The first-order chi connectivity index (χ1) is 12.4. The Labute approximate surface area is 152 Å². The van der Waals surface area contributed by atoms with Crippen LogP contribution in [0.2, 0.25) is 0 Å². The molecule has 0 bridgehead atoms. The minimum absolute atomic E-state index is 0.0297. The van der Waals surface area contributed by atoms with Gasteiger partial charge in [0.05, 0.1) is 12.5 Å². The van der Waals surface area contributed by atoms with Gasteiger partial charge in [-0.2, -0.15) is 5.10 Å². The molecule has 2 aromatic rings. The fraction of sp³-hybridized carbons (Fsp3) is 0.526. The van der Waals surface area contributed by atoms with Crippen molar-refractivity contribution in [2.45, 2.75) is 38.2 Å². The first-order valence-electron chi connectivity index (χ1n) is 8.96. The molecule has 3 rings (SSSR count). The summed E-state index contributed by atoms with van der Waals surface area (Å²) >= 11 is 0. The zero-order valence-corrected chi connectivity index (χ0v) is 15.5. The molecule has 1 aliphatic carbocycles. The van der Waals surface area contributed by atoms with E-state index in [2.05, 4.69) is 10.4 Å². The van der Waals surface area contributed by atoms with Crippen molar-refractivity contribution in [2.75, 3.05) is 6.54 Å². The average molecular weight is 358 g/mol. The Kier molecular flexibility index (Phi) is 5.27. The molecule has 1 aliphatic rings. The van der Waals surface area contributed by atoms with Crippen LogP contribution >= 0.6 is 0 Å². The second kappa shape index (κ2) is 7.45. The van der Waals surface area contributed by atoms with E-state index in [-0.39, 0.29) is 23.4 Å². The number of aryl methyl sites for hydroxylation is 2. The Morgan fingerprint density at radius 1 is 1.31 bits per heavy atom. The van der Waals surface area contributed by atoms with Gasteiger partial charge in [-0.3, -0.25) is 9.36 Å². The highest BCUT2D eigenvalue weighted by atomic mass is 16.3. The van der Waals surface area contributed by atoms with E-state index in [4.69, 9.17) is 0 Å². The number of amides is 1.